The van der Waals surface area contributed by atoms with Crippen LogP contribution >= 0.6 is 0 Å². The average molecular weight is 349 g/mol. The van der Waals surface area contributed by atoms with Crippen molar-refractivity contribution in [3.8, 4) is 0 Å². The summed E-state index contributed by atoms with van der Waals surface area (Å²) >= 11 is 0. The number of hydrogen-bond donors (Lipinski definition) is 1. The number of unbranched alkanes of at least 4 members (excludes halogenated alkanes) is 1. The van der Waals surface area contributed by atoms with Crippen LogP contribution in [0, 0.1) is 5.92 Å². The molecule has 0 bridgehead atoms. The monoisotopic (exact) mass is 349 g/mol. The first kappa shape index (κ1) is 13.9. The Morgan fingerprint density at radius 1 is 1.45 bits per heavy atom. The van der Waals surface area contributed by atoms with E-state index in [1.54, 1.807) is 0 Å². The zero-order valence-electron chi connectivity index (χ0n) is 7.34. The van der Waals surface area contributed by atoms with Gasteiger partial charge in [0.05, 0.1) is 5.92 Å². The molecule has 1 unspecified atom stereocenters. The Kier molecular flexibility index (Phi) is 10.8. The minimum atomic E-state index is -0.643. The molecular formula is C8H16O2Tl. The quantitative estimate of drug-likeness (QED) is 0.771. The second kappa shape index (κ2) is 8.49. The van der Waals surface area contributed by atoms with Crippen molar-refractivity contribution in [2.24, 2.45) is 5.92 Å². The number of hydrogen-bond acceptors (Lipinski definition) is 1. The third-order valence-corrected chi connectivity index (χ3v) is 1.75. The molecular weight excluding hydrogens is 332 g/mol. The Labute approximate surface area is 88.5 Å². The van der Waals surface area contributed by atoms with Gasteiger partial charge in [0.15, 0.2) is 0 Å². The molecule has 1 radical (unpaired) electrons. The van der Waals surface area contributed by atoms with Crippen molar-refractivity contribution in [3.05, 3.63) is 0 Å². The number of carboxylic acid groups (broad SMARTS) is 1. The standard InChI is InChI=1S/C8H16O2.Tl/c1-3-5-6-7(4-2)8(9)10;/h7H,3-6H2,1-2H3,(H,9,10);. The zero-order valence-corrected chi connectivity index (χ0v) is 11.8. The van der Waals surface area contributed by atoms with E-state index in [2.05, 4.69) is 6.92 Å². The van der Waals surface area contributed by atoms with Gasteiger partial charge in [-0.3, -0.25) is 4.79 Å². The van der Waals surface area contributed by atoms with E-state index in [0.717, 1.165) is 25.7 Å². The Morgan fingerprint density at radius 2 is 2.00 bits per heavy atom. The average Bonchev–Trinajstić information content (AvgIpc) is 1.89. The molecule has 0 heterocycles. The summed E-state index contributed by atoms with van der Waals surface area (Å²) < 4.78 is 0. The molecule has 11 heavy (non-hydrogen) atoms. The minimum absolute atomic E-state index is 0. The zero-order chi connectivity index (χ0) is 7.98. The molecule has 0 aromatic carbocycles. The van der Waals surface area contributed by atoms with E-state index < -0.39 is 5.97 Å². The SMILES string of the molecule is CCCCC(CC)C(=O)O.[Tl]. The van der Waals surface area contributed by atoms with E-state index in [1.807, 2.05) is 6.92 Å². The van der Waals surface area contributed by atoms with Crippen molar-refractivity contribution in [3.63, 3.8) is 0 Å². The molecule has 0 aliphatic carbocycles. The Balaban J connectivity index is 0. The van der Waals surface area contributed by atoms with Gasteiger partial charge in [-0.25, -0.2) is 0 Å². The molecule has 0 rings (SSSR count). The van der Waals surface area contributed by atoms with Crippen LogP contribution < -0.4 is 0 Å². The van der Waals surface area contributed by atoms with Gasteiger partial charge in [0.2, 0.25) is 0 Å². The van der Waals surface area contributed by atoms with Gasteiger partial charge >= 0.3 is 5.97 Å². The van der Waals surface area contributed by atoms with E-state index in [4.69, 9.17) is 5.11 Å². The largest absolute Gasteiger partial charge is 0.481 e. The predicted molar refractivity (Wildman–Crippen MR) is 46.7 cm³/mol. The maximum atomic E-state index is 10.4. The maximum absolute atomic E-state index is 10.4. The molecule has 63 valence electrons. The molecule has 3 heteroatoms. The molecule has 2 nitrogen and oxygen atoms in total. The summed E-state index contributed by atoms with van der Waals surface area (Å²) in [7, 11) is 0. The van der Waals surface area contributed by atoms with E-state index in [0.29, 0.717) is 0 Å². The van der Waals surface area contributed by atoms with Crippen molar-refractivity contribution in [2.45, 2.75) is 39.5 Å². The van der Waals surface area contributed by atoms with E-state index in [9.17, 15) is 4.79 Å². The van der Waals surface area contributed by atoms with Gasteiger partial charge in [0.25, 0.3) is 0 Å². The number of carbonyl (C=O) groups is 1. The van der Waals surface area contributed by atoms with Gasteiger partial charge in [-0.2, -0.15) is 0 Å². The smallest absolute Gasteiger partial charge is 0.306 e. The van der Waals surface area contributed by atoms with E-state index in [-0.39, 0.29) is 33.2 Å². The van der Waals surface area contributed by atoms with Gasteiger partial charge < -0.3 is 5.11 Å². The van der Waals surface area contributed by atoms with Crippen LogP contribution in [0.3, 0.4) is 0 Å². The number of aliphatic carboxylic acids is 1. The molecule has 0 amide bonds. The normalized spacial score (nSPS) is 11.8. The van der Waals surface area contributed by atoms with E-state index >= 15 is 0 Å². The Bertz CT molecular complexity index is 104. The van der Waals surface area contributed by atoms with Gasteiger partial charge in [0.1, 0.15) is 0 Å². The second-order valence-corrected chi connectivity index (χ2v) is 2.59. The summed E-state index contributed by atoms with van der Waals surface area (Å²) in [4.78, 5) is 10.4. The first-order valence-electron chi connectivity index (χ1n) is 3.95. The third-order valence-electron chi connectivity index (χ3n) is 1.75. The van der Waals surface area contributed by atoms with Crippen LogP contribution in [-0.2, 0) is 4.79 Å². The number of carboxylic acids is 1. The molecule has 0 aliphatic heterocycles. The molecule has 0 saturated heterocycles. The van der Waals surface area contributed by atoms with Crippen LogP contribution in [0.4, 0.5) is 0 Å². The fourth-order valence-electron chi connectivity index (χ4n) is 0.953. The molecule has 0 aliphatic rings. The third kappa shape index (κ3) is 6.78. The van der Waals surface area contributed by atoms with Crippen LogP contribution in [-0.4, -0.2) is 38.4 Å². The topological polar surface area (TPSA) is 37.3 Å². The van der Waals surface area contributed by atoms with Crippen LogP contribution in [0.25, 0.3) is 0 Å². The Morgan fingerprint density at radius 3 is 2.27 bits per heavy atom. The first-order chi connectivity index (χ1) is 4.72. The van der Waals surface area contributed by atoms with E-state index in [1.165, 1.54) is 0 Å². The molecule has 0 fully saturated rings. The summed E-state index contributed by atoms with van der Waals surface area (Å²) in [6.45, 7) is 4.00. The summed E-state index contributed by atoms with van der Waals surface area (Å²) in [5.74, 6) is -0.754. The van der Waals surface area contributed by atoms with Crippen LogP contribution in [0.5, 0.6) is 0 Å². The Hall–Kier alpha value is 0.392. The van der Waals surface area contributed by atoms with Crippen molar-refractivity contribution in [1.82, 2.24) is 0 Å². The van der Waals surface area contributed by atoms with Gasteiger partial charge in [-0.15, -0.1) is 0 Å². The molecule has 0 aromatic rings. The van der Waals surface area contributed by atoms with Gasteiger partial charge in [-0.1, -0.05) is 26.7 Å². The minimum Gasteiger partial charge on any atom is -0.481 e. The van der Waals surface area contributed by atoms with Gasteiger partial charge in [-0.05, 0) is 12.8 Å². The summed E-state index contributed by atoms with van der Waals surface area (Å²) in [5.41, 5.74) is 0. The fraction of sp³-hybridized carbons (Fsp3) is 0.875. The second-order valence-electron chi connectivity index (χ2n) is 2.59. The van der Waals surface area contributed by atoms with Crippen molar-refractivity contribution >= 4 is 33.3 Å². The van der Waals surface area contributed by atoms with Crippen LogP contribution in [0.15, 0.2) is 0 Å². The molecule has 0 aromatic heterocycles. The molecule has 1 N–H and O–H groups in total. The number of rotatable bonds is 5. The molecule has 1 atom stereocenters. The predicted octanol–water partition coefficient (Wildman–Crippen LogP) is 1.91. The van der Waals surface area contributed by atoms with Crippen molar-refractivity contribution < 1.29 is 9.90 Å². The molecule has 0 saturated carbocycles. The summed E-state index contributed by atoms with van der Waals surface area (Å²) in [6, 6.07) is 0. The summed E-state index contributed by atoms with van der Waals surface area (Å²) in [6.07, 6.45) is 3.71. The maximum Gasteiger partial charge on any atom is 0.306 e. The summed E-state index contributed by atoms with van der Waals surface area (Å²) in [5, 5.41) is 8.60. The fourth-order valence-corrected chi connectivity index (χ4v) is 0.953. The van der Waals surface area contributed by atoms with Crippen molar-refractivity contribution in [2.75, 3.05) is 0 Å². The van der Waals surface area contributed by atoms with Crippen LogP contribution in [0.1, 0.15) is 39.5 Å². The van der Waals surface area contributed by atoms with Crippen molar-refractivity contribution in [1.29, 1.82) is 0 Å². The molecule has 0 spiro atoms. The first-order valence-corrected chi connectivity index (χ1v) is 3.95. The van der Waals surface area contributed by atoms with Crippen LogP contribution in [0.2, 0.25) is 0 Å². The van der Waals surface area contributed by atoms with Gasteiger partial charge in [0, 0.05) is 27.3 Å².